The van der Waals surface area contributed by atoms with Crippen molar-refractivity contribution in [1.82, 2.24) is 0 Å². The molecule has 0 saturated carbocycles. The van der Waals surface area contributed by atoms with Crippen LogP contribution in [-0.4, -0.2) is 28.4 Å². The van der Waals surface area contributed by atoms with Crippen molar-refractivity contribution in [2.45, 2.75) is 13.8 Å². The Hall–Kier alpha value is -6.46. The highest BCUT2D eigenvalue weighted by Gasteiger charge is 2.13. The maximum absolute atomic E-state index is 5.51. The molecule has 5 heteroatoms. The zero-order valence-corrected chi connectivity index (χ0v) is 31.2. The van der Waals surface area contributed by atoms with Crippen molar-refractivity contribution in [2.75, 3.05) is 33.3 Å². The zero-order valence-electron chi connectivity index (χ0n) is 31.2. The van der Waals surface area contributed by atoms with Gasteiger partial charge >= 0.3 is 0 Å². The summed E-state index contributed by atoms with van der Waals surface area (Å²) in [6.45, 7) is 4.11. The second-order valence-electron chi connectivity index (χ2n) is 12.7. The van der Waals surface area contributed by atoms with Crippen molar-refractivity contribution in [3.63, 3.8) is 0 Å². The predicted molar refractivity (Wildman–Crippen MR) is 223 cm³/mol. The van der Waals surface area contributed by atoms with Crippen LogP contribution < -0.4 is 23.8 Å². The van der Waals surface area contributed by atoms with Gasteiger partial charge in [-0.25, -0.2) is 0 Å². The van der Waals surface area contributed by atoms with Gasteiger partial charge in [0, 0.05) is 17.1 Å². The van der Waals surface area contributed by atoms with E-state index in [1.165, 1.54) is 0 Å². The molecule has 0 unspecified atom stereocenters. The molecule has 0 radical (unpaired) electrons. The quantitative estimate of drug-likeness (QED) is 0.112. The van der Waals surface area contributed by atoms with Gasteiger partial charge in [0.15, 0.2) is 11.5 Å². The Labute approximate surface area is 313 Å². The van der Waals surface area contributed by atoms with Crippen molar-refractivity contribution in [2.24, 2.45) is 0 Å². The SMILES string of the molecule is COc1ccc(/C=C/c2ccc(N(c3ccc(/C=C/c4ccc(C)c(OC)c4)cc3)c3ccc(/C=C/c4ccc(OC)c(OC)c4)cc3)cc2)cc1C. The minimum absolute atomic E-state index is 0.704. The molecule has 0 aromatic heterocycles. The number of rotatable bonds is 13. The molecule has 266 valence electrons. The number of aryl methyl sites for hydroxylation is 2. The van der Waals surface area contributed by atoms with E-state index in [0.717, 1.165) is 73.1 Å². The molecular formula is C48H45NO4. The number of nitrogens with zero attached hydrogens (tertiary/aromatic N) is 1. The van der Waals surface area contributed by atoms with Crippen LogP contribution in [0.2, 0.25) is 0 Å². The van der Waals surface area contributed by atoms with Crippen LogP contribution in [-0.2, 0) is 0 Å². The van der Waals surface area contributed by atoms with Crippen molar-refractivity contribution in [3.8, 4) is 23.0 Å². The van der Waals surface area contributed by atoms with E-state index in [1.807, 2.05) is 24.3 Å². The molecule has 6 rings (SSSR count). The fourth-order valence-corrected chi connectivity index (χ4v) is 6.13. The molecule has 0 heterocycles. The van der Waals surface area contributed by atoms with Crippen molar-refractivity contribution < 1.29 is 18.9 Å². The number of ether oxygens (including phenoxy) is 4. The van der Waals surface area contributed by atoms with Crippen molar-refractivity contribution >= 4 is 53.5 Å². The molecular weight excluding hydrogens is 655 g/mol. The van der Waals surface area contributed by atoms with Crippen LogP contribution in [0.15, 0.2) is 127 Å². The van der Waals surface area contributed by atoms with Crippen LogP contribution >= 0.6 is 0 Å². The molecule has 0 amide bonds. The lowest BCUT2D eigenvalue weighted by molar-refractivity contribution is 0.355. The first-order valence-corrected chi connectivity index (χ1v) is 17.5. The van der Waals surface area contributed by atoms with Gasteiger partial charge in [0.25, 0.3) is 0 Å². The lowest BCUT2D eigenvalue weighted by atomic mass is 10.1. The van der Waals surface area contributed by atoms with Crippen LogP contribution in [0.4, 0.5) is 17.1 Å². The average molecular weight is 700 g/mol. The lowest BCUT2D eigenvalue weighted by Gasteiger charge is -2.26. The molecule has 0 N–H and O–H groups in total. The summed E-state index contributed by atoms with van der Waals surface area (Å²) in [6.07, 6.45) is 12.7. The van der Waals surface area contributed by atoms with Gasteiger partial charge in [-0.1, -0.05) is 97.1 Å². The highest BCUT2D eigenvalue weighted by molar-refractivity contribution is 5.81. The van der Waals surface area contributed by atoms with Gasteiger partial charge in [-0.05, 0) is 125 Å². The third-order valence-electron chi connectivity index (χ3n) is 9.12. The van der Waals surface area contributed by atoms with E-state index in [4.69, 9.17) is 18.9 Å². The maximum Gasteiger partial charge on any atom is 0.161 e. The molecule has 0 aliphatic carbocycles. The predicted octanol–water partition coefficient (Wildman–Crippen LogP) is 12.3. The number of hydrogen-bond donors (Lipinski definition) is 0. The van der Waals surface area contributed by atoms with E-state index in [1.54, 1.807) is 28.4 Å². The summed E-state index contributed by atoms with van der Waals surface area (Å²) in [4.78, 5) is 2.28. The fraction of sp³-hybridized carbons (Fsp3) is 0.125. The van der Waals surface area contributed by atoms with E-state index in [9.17, 15) is 0 Å². The molecule has 0 fully saturated rings. The maximum atomic E-state index is 5.51. The topological polar surface area (TPSA) is 40.2 Å². The number of methoxy groups -OCH3 is 4. The third-order valence-corrected chi connectivity index (χ3v) is 9.12. The van der Waals surface area contributed by atoms with E-state index in [-0.39, 0.29) is 0 Å². The number of anilines is 3. The summed E-state index contributed by atoms with van der Waals surface area (Å²) >= 11 is 0. The first-order valence-electron chi connectivity index (χ1n) is 17.5. The second-order valence-corrected chi connectivity index (χ2v) is 12.7. The van der Waals surface area contributed by atoms with Gasteiger partial charge in [0.05, 0.1) is 28.4 Å². The summed E-state index contributed by atoms with van der Waals surface area (Å²) in [7, 11) is 6.70. The molecule has 6 aromatic carbocycles. The first-order chi connectivity index (χ1) is 25.9. The van der Waals surface area contributed by atoms with Crippen LogP contribution in [0.25, 0.3) is 36.5 Å². The summed E-state index contributed by atoms with van der Waals surface area (Å²) in [5.41, 5.74) is 12.0. The smallest absolute Gasteiger partial charge is 0.161 e. The molecule has 0 bridgehead atoms. The normalized spacial score (nSPS) is 11.4. The Morgan fingerprint density at radius 2 is 0.660 bits per heavy atom. The Bertz CT molecular complexity index is 2230. The van der Waals surface area contributed by atoms with E-state index >= 15 is 0 Å². The van der Waals surface area contributed by atoms with Gasteiger partial charge in [0.1, 0.15) is 11.5 Å². The van der Waals surface area contributed by atoms with Gasteiger partial charge in [-0.15, -0.1) is 0 Å². The van der Waals surface area contributed by atoms with Gasteiger partial charge < -0.3 is 23.8 Å². The minimum Gasteiger partial charge on any atom is -0.496 e. The van der Waals surface area contributed by atoms with Crippen LogP contribution in [0.1, 0.15) is 44.5 Å². The highest BCUT2D eigenvalue weighted by Crippen LogP contribution is 2.36. The summed E-state index contributed by atoms with van der Waals surface area (Å²) in [6, 6.07) is 44.2. The molecule has 0 spiro atoms. The van der Waals surface area contributed by atoms with E-state index in [0.29, 0.717) is 11.5 Å². The molecule has 0 aliphatic rings. The zero-order chi connectivity index (χ0) is 37.2. The summed E-state index contributed by atoms with van der Waals surface area (Å²) in [5, 5.41) is 0. The lowest BCUT2D eigenvalue weighted by Crippen LogP contribution is -2.09. The molecule has 6 aromatic rings. The highest BCUT2D eigenvalue weighted by atomic mass is 16.5. The minimum atomic E-state index is 0.704. The largest absolute Gasteiger partial charge is 0.496 e. The van der Waals surface area contributed by atoms with Crippen LogP contribution in [0.5, 0.6) is 23.0 Å². The van der Waals surface area contributed by atoms with Crippen LogP contribution in [0, 0.1) is 13.8 Å². The number of hydrogen-bond acceptors (Lipinski definition) is 5. The standard InChI is InChI=1S/C48H45NO4/c1-34-7-8-40(32-47(34)52-5)13-10-37-17-25-43(26-18-37)49(42-23-15-36(16-24-42)9-12-39-21-29-45(50-3)35(2)31-39)44-27-19-38(20-28-44)11-14-41-22-30-46(51-4)48(33-41)53-6/h7-33H,1-6H3/b12-9+,13-10+,14-11+. The summed E-state index contributed by atoms with van der Waals surface area (Å²) < 4.78 is 21.8. The number of benzene rings is 6. The monoisotopic (exact) mass is 699 g/mol. The van der Waals surface area contributed by atoms with Gasteiger partial charge in [0.2, 0.25) is 0 Å². The fourth-order valence-electron chi connectivity index (χ4n) is 6.13. The Balaban J connectivity index is 1.27. The van der Waals surface area contributed by atoms with E-state index < -0.39 is 0 Å². The first kappa shape index (κ1) is 36.3. The third kappa shape index (κ3) is 9.07. The molecule has 0 atom stereocenters. The second kappa shape index (κ2) is 17.2. The van der Waals surface area contributed by atoms with Crippen LogP contribution in [0.3, 0.4) is 0 Å². The van der Waals surface area contributed by atoms with E-state index in [2.05, 4.69) is 158 Å². The molecule has 0 saturated heterocycles. The molecule has 0 aliphatic heterocycles. The Morgan fingerprint density at radius 1 is 0.321 bits per heavy atom. The Kier molecular flexibility index (Phi) is 11.8. The molecule has 5 nitrogen and oxygen atoms in total. The average Bonchev–Trinajstić information content (AvgIpc) is 3.20. The Morgan fingerprint density at radius 3 is 1.08 bits per heavy atom. The molecule has 53 heavy (non-hydrogen) atoms. The van der Waals surface area contributed by atoms with Crippen molar-refractivity contribution in [1.29, 1.82) is 0 Å². The van der Waals surface area contributed by atoms with Crippen molar-refractivity contribution in [3.05, 3.63) is 172 Å². The summed E-state index contributed by atoms with van der Waals surface area (Å²) in [5.74, 6) is 3.19. The van der Waals surface area contributed by atoms with Gasteiger partial charge in [-0.3, -0.25) is 0 Å². The van der Waals surface area contributed by atoms with Gasteiger partial charge in [-0.2, -0.15) is 0 Å².